The highest BCUT2D eigenvalue weighted by Crippen LogP contribution is 2.26. The topological polar surface area (TPSA) is 12.0 Å². The maximum atomic E-state index is 6.12. The highest BCUT2D eigenvalue weighted by molar-refractivity contribution is 6.34. The van der Waals surface area contributed by atoms with Crippen LogP contribution >= 0.6 is 34.8 Å². The largest absolute Gasteiger partial charge is 0.310 e. The van der Waals surface area contributed by atoms with Gasteiger partial charge in [-0.15, -0.1) is 0 Å². The highest BCUT2D eigenvalue weighted by Gasteiger charge is 2.13. The van der Waals surface area contributed by atoms with Gasteiger partial charge >= 0.3 is 0 Å². The average Bonchev–Trinajstić information content (AvgIpc) is 2.44. The zero-order valence-electron chi connectivity index (χ0n) is 11.9. The molecule has 0 bridgehead atoms. The molecule has 0 aliphatic carbocycles. The maximum Gasteiger partial charge on any atom is 0.0424 e. The Hall–Kier alpha value is -0.730. The lowest BCUT2D eigenvalue weighted by Crippen LogP contribution is -2.24. The summed E-state index contributed by atoms with van der Waals surface area (Å²) >= 11 is 18.2. The van der Waals surface area contributed by atoms with Gasteiger partial charge in [0.05, 0.1) is 0 Å². The molecule has 1 N–H and O–H groups in total. The number of halogens is 3. The molecule has 1 unspecified atom stereocenters. The second-order valence-electron chi connectivity index (χ2n) is 5.04. The van der Waals surface area contributed by atoms with Crippen molar-refractivity contribution in [2.45, 2.75) is 25.8 Å². The first-order valence-electron chi connectivity index (χ1n) is 7.02. The van der Waals surface area contributed by atoms with Crippen molar-refractivity contribution in [3.63, 3.8) is 0 Å². The van der Waals surface area contributed by atoms with Gasteiger partial charge in [0.2, 0.25) is 0 Å². The van der Waals surface area contributed by atoms with E-state index in [0.29, 0.717) is 10.0 Å². The second kappa shape index (κ2) is 8.05. The molecule has 4 heteroatoms. The van der Waals surface area contributed by atoms with Gasteiger partial charge in [-0.25, -0.2) is 0 Å². The molecule has 0 amide bonds. The number of hydrogen-bond donors (Lipinski definition) is 1. The monoisotopic (exact) mass is 341 g/mol. The Morgan fingerprint density at radius 3 is 2.10 bits per heavy atom. The summed E-state index contributed by atoms with van der Waals surface area (Å²) in [5.41, 5.74) is 2.33. The van der Waals surface area contributed by atoms with Crippen molar-refractivity contribution in [2.24, 2.45) is 0 Å². The first-order chi connectivity index (χ1) is 10.1. The predicted molar refractivity (Wildman–Crippen MR) is 92.7 cm³/mol. The van der Waals surface area contributed by atoms with Gasteiger partial charge in [-0.1, -0.05) is 53.9 Å². The van der Waals surface area contributed by atoms with Crippen molar-refractivity contribution in [3.05, 3.63) is 68.7 Å². The molecule has 0 aliphatic rings. The van der Waals surface area contributed by atoms with Crippen LogP contribution in [0.3, 0.4) is 0 Å². The number of hydrogen-bond acceptors (Lipinski definition) is 1. The van der Waals surface area contributed by atoms with Gasteiger partial charge in [0.15, 0.2) is 0 Å². The van der Waals surface area contributed by atoms with Gasteiger partial charge in [0, 0.05) is 21.1 Å². The van der Waals surface area contributed by atoms with E-state index >= 15 is 0 Å². The average molecular weight is 343 g/mol. The van der Waals surface area contributed by atoms with E-state index in [0.717, 1.165) is 30.0 Å². The lowest BCUT2D eigenvalue weighted by molar-refractivity contribution is 0.529. The zero-order chi connectivity index (χ0) is 15.2. The first kappa shape index (κ1) is 16.6. The molecular formula is C17H18Cl3N. The summed E-state index contributed by atoms with van der Waals surface area (Å²) in [6.07, 6.45) is 1.94. The Morgan fingerprint density at radius 1 is 0.905 bits per heavy atom. The van der Waals surface area contributed by atoms with E-state index in [1.54, 1.807) is 6.07 Å². The highest BCUT2D eigenvalue weighted by atomic mass is 35.5. The molecule has 21 heavy (non-hydrogen) atoms. The Balaban J connectivity index is 2.22. The van der Waals surface area contributed by atoms with Gasteiger partial charge in [0.25, 0.3) is 0 Å². The van der Waals surface area contributed by atoms with E-state index in [2.05, 4.69) is 24.4 Å². The molecular weight excluding hydrogens is 325 g/mol. The van der Waals surface area contributed by atoms with Crippen molar-refractivity contribution in [2.75, 3.05) is 6.54 Å². The fourth-order valence-corrected chi connectivity index (χ4v) is 2.93. The van der Waals surface area contributed by atoms with E-state index in [-0.39, 0.29) is 6.04 Å². The Labute approximate surface area is 141 Å². The Bertz CT molecular complexity index is 561. The molecule has 0 fully saturated rings. The molecule has 0 saturated heterocycles. The van der Waals surface area contributed by atoms with Crippen molar-refractivity contribution in [3.8, 4) is 0 Å². The molecule has 0 radical (unpaired) electrons. The van der Waals surface area contributed by atoms with Crippen molar-refractivity contribution in [1.29, 1.82) is 0 Å². The molecule has 0 aliphatic heterocycles. The second-order valence-corrected chi connectivity index (χ2v) is 6.35. The third-order valence-corrected chi connectivity index (χ3v) is 3.97. The number of benzene rings is 2. The van der Waals surface area contributed by atoms with Crippen LogP contribution in [0, 0.1) is 0 Å². The molecule has 0 heterocycles. The maximum absolute atomic E-state index is 6.12. The number of nitrogens with one attached hydrogen (secondary N) is 1. The van der Waals surface area contributed by atoms with E-state index in [1.807, 2.05) is 24.3 Å². The lowest BCUT2D eigenvalue weighted by atomic mass is 9.98. The van der Waals surface area contributed by atoms with Crippen molar-refractivity contribution < 1.29 is 0 Å². The summed E-state index contributed by atoms with van der Waals surface area (Å²) in [4.78, 5) is 0. The summed E-state index contributed by atoms with van der Waals surface area (Å²) in [6, 6.07) is 13.8. The zero-order valence-corrected chi connectivity index (χ0v) is 14.1. The molecule has 1 nitrogen and oxygen atoms in total. The van der Waals surface area contributed by atoms with Crippen LogP contribution in [0.15, 0.2) is 42.5 Å². The summed E-state index contributed by atoms with van der Waals surface area (Å²) in [7, 11) is 0. The molecule has 2 rings (SSSR count). The van der Waals surface area contributed by atoms with Crippen LogP contribution in [0.25, 0.3) is 0 Å². The van der Waals surface area contributed by atoms with Crippen LogP contribution in [0.4, 0.5) is 0 Å². The minimum atomic E-state index is 0.183. The Kier molecular flexibility index (Phi) is 6.38. The van der Waals surface area contributed by atoms with Gasteiger partial charge in [-0.2, -0.15) is 0 Å². The molecule has 112 valence electrons. The van der Waals surface area contributed by atoms with Crippen LogP contribution < -0.4 is 5.32 Å². The SMILES string of the molecule is CCCNC(Cc1ccc(Cl)cc1)c1cc(Cl)cc(Cl)c1. The van der Waals surface area contributed by atoms with Crippen LogP contribution in [0.1, 0.15) is 30.5 Å². The van der Waals surface area contributed by atoms with E-state index in [9.17, 15) is 0 Å². The summed E-state index contributed by atoms with van der Waals surface area (Å²) in [6.45, 7) is 3.10. The van der Waals surface area contributed by atoms with Gasteiger partial charge in [-0.05, 0) is 60.8 Å². The molecule has 0 aromatic heterocycles. The van der Waals surface area contributed by atoms with E-state index in [1.165, 1.54) is 5.56 Å². The predicted octanol–water partition coefficient (Wildman–Crippen LogP) is 5.93. The first-order valence-corrected chi connectivity index (χ1v) is 8.15. The molecule has 2 aromatic carbocycles. The lowest BCUT2D eigenvalue weighted by Gasteiger charge is -2.20. The Morgan fingerprint density at radius 2 is 1.52 bits per heavy atom. The third kappa shape index (κ3) is 5.19. The van der Waals surface area contributed by atoms with Crippen LogP contribution in [0.5, 0.6) is 0 Å². The van der Waals surface area contributed by atoms with E-state index < -0.39 is 0 Å². The normalized spacial score (nSPS) is 12.4. The molecule has 1 atom stereocenters. The number of rotatable bonds is 6. The quantitative estimate of drug-likeness (QED) is 0.686. The fourth-order valence-electron chi connectivity index (χ4n) is 2.26. The van der Waals surface area contributed by atoms with Gasteiger partial charge < -0.3 is 5.32 Å². The summed E-state index contributed by atoms with van der Waals surface area (Å²) in [5.74, 6) is 0. The molecule has 0 saturated carbocycles. The summed E-state index contributed by atoms with van der Waals surface area (Å²) < 4.78 is 0. The molecule has 2 aromatic rings. The van der Waals surface area contributed by atoms with Crippen LogP contribution in [-0.4, -0.2) is 6.54 Å². The summed E-state index contributed by atoms with van der Waals surface area (Å²) in [5, 5.41) is 5.63. The van der Waals surface area contributed by atoms with Crippen LogP contribution in [-0.2, 0) is 6.42 Å². The third-order valence-electron chi connectivity index (χ3n) is 3.28. The van der Waals surface area contributed by atoms with Crippen molar-refractivity contribution >= 4 is 34.8 Å². The standard InChI is InChI=1S/C17H18Cl3N/c1-2-7-21-17(8-12-3-5-14(18)6-4-12)13-9-15(19)11-16(20)10-13/h3-6,9-11,17,21H,2,7-8H2,1H3. The smallest absolute Gasteiger partial charge is 0.0424 e. The minimum absolute atomic E-state index is 0.183. The van der Waals surface area contributed by atoms with Crippen molar-refractivity contribution in [1.82, 2.24) is 5.32 Å². The molecule has 0 spiro atoms. The van der Waals surface area contributed by atoms with Gasteiger partial charge in [-0.3, -0.25) is 0 Å². The van der Waals surface area contributed by atoms with Gasteiger partial charge in [0.1, 0.15) is 0 Å². The minimum Gasteiger partial charge on any atom is -0.310 e. The van der Waals surface area contributed by atoms with Crippen LogP contribution in [0.2, 0.25) is 15.1 Å². The van der Waals surface area contributed by atoms with E-state index in [4.69, 9.17) is 34.8 Å². The fraction of sp³-hybridized carbons (Fsp3) is 0.294.